The SMILES string of the molecule is FC(F)COCCNC1CCc2ccccc21. The van der Waals surface area contributed by atoms with Gasteiger partial charge in [0, 0.05) is 12.6 Å². The smallest absolute Gasteiger partial charge is 0.261 e. The summed E-state index contributed by atoms with van der Waals surface area (Å²) in [5, 5.41) is 3.34. The third-order valence-electron chi connectivity index (χ3n) is 3.01. The lowest BCUT2D eigenvalue weighted by atomic mass is 10.1. The Morgan fingerprint density at radius 3 is 3.00 bits per heavy atom. The van der Waals surface area contributed by atoms with Crippen LogP contribution in [-0.4, -0.2) is 26.2 Å². The number of hydrogen-bond donors (Lipinski definition) is 1. The van der Waals surface area contributed by atoms with Gasteiger partial charge >= 0.3 is 0 Å². The minimum absolute atomic E-state index is 0.336. The molecular weight excluding hydrogens is 224 g/mol. The average molecular weight is 241 g/mol. The lowest BCUT2D eigenvalue weighted by molar-refractivity contribution is 0.0182. The molecule has 1 aliphatic rings. The van der Waals surface area contributed by atoms with Crippen molar-refractivity contribution in [2.24, 2.45) is 0 Å². The van der Waals surface area contributed by atoms with Crippen LogP contribution in [0.5, 0.6) is 0 Å². The predicted molar refractivity (Wildman–Crippen MR) is 62.3 cm³/mol. The van der Waals surface area contributed by atoms with Crippen molar-refractivity contribution < 1.29 is 13.5 Å². The molecule has 0 aliphatic heterocycles. The molecule has 2 nitrogen and oxygen atoms in total. The summed E-state index contributed by atoms with van der Waals surface area (Å²) < 4.78 is 28.5. The molecule has 1 aromatic carbocycles. The number of alkyl halides is 2. The molecule has 0 saturated heterocycles. The summed E-state index contributed by atoms with van der Waals surface area (Å²) in [5.41, 5.74) is 2.72. The predicted octanol–water partition coefficient (Wildman–Crippen LogP) is 2.55. The van der Waals surface area contributed by atoms with Gasteiger partial charge in [0.25, 0.3) is 6.43 Å². The molecule has 0 saturated carbocycles. The molecule has 1 aromatic rings. The van der Waals surface area contributed by atoms with E-state index < -0.39 is 13.0 Å². The Labute approximate surface area is 100.0 Å². The first-order valence-electron chi connectivity index (χ1n) is 5.94. The lowest BCUT2D eigenvalue weighted by Gasteiger charge is -2.13. The average Bonchev–Trinajstić information content (AvgIpc) is 2.72. The molecule has 2 rings (SSSR count). The third-order valence-corrected chi connectivity index (χ3v) is 3.01. The van der Waals surface area contributed by atoms with Crippen LogP contribution in [0.4, 0.5) is 8.78 Å². The molecule has 4 heteroatoms. The number of ether oxygens (including phenoxy) is 1. The molecule has 0 aromatic heterocycles. The number of nitrogens with one attached hydrogen (secondary N) is 1. The second kappa shape index (κ2) is 6.07. The van der Waals surface area contributed by atoms with Crippen molar-refractivity contribution in [3.8, 4) is 0 Å². The Morgan fingerprint density at radius 2 is 2.18 bits per heavy atom. The Hall–Kier alpha value is -1.00. The van der Waals surface area contributed by atoms with E-state index in [9.17, 15) is 8.78 Å². The van der Waals surface area contributed by atoms with Crippen LogP contribution in [0.2, 0.25) is 0 Å². The molecule has 0 radical (unpaired) electrons. The molecule has 0 fully saturated rings. The molecular formula is C13H17F2NO. The topological polar surface area (TPSA) is 21.3 Å². The monoisotopic (exact) mass is 241 g/mol. The van der Waals surface area contributed by atoms with E-state index in [0.29, 0.717) is 19.2 Å². The normalized spacial score (nSPS) is 18.6. The van der Waals surface area contributed by atoms with Crippen molar-refractivity contribution in [2.75, 3.05) is 19.8 Å². The lowest BCUT2D eigenvalue weighted by Crippen LogP contribution is -2.24. The van der Waals surface area contributed by atoms with E-state index >= 15 is 0 Å². The third kappa shape index (κ3) is 3.48. The van der Waals surface area contributed by atoms with Crippen LogP contribution >= 0.6 is 0 Å². The van der Waals surface area contributed by atoms with Crippen LogP contribution in [0.1, 0.15) is 23.6 Å². The van der Waals surface area contributed by atoms with Crippen molar-refractivity contribution in [3.05, 3.63) is 35.4 Å². The first-order chi connectivity index (χ1) is 8.27. The number of halogens is 2. The Morgan fingerprint density at radius 1 is 1.35 bits per heavy atom. The van der Waals surface area contributed by atoms with Crippen LogP contribution in [0.3, 0.4) is 0 Å². The molecule has 17 heavy (non-hydrogen) atoms. The highest BCUT2D eigenvalue weighted by molar-refractivity contribution is 5.34. The standard InChI is InChI=1S/C13H17F2NO/c14-13(15)9-17-8-7-16-12-6-5-10-3-1-2-4-11(10)12/h1-4,12-13,16H,5-9H2. The summed E-state index contributed by atoms with van der Waals surface area (Å²) in [6.45, 7) is 0.484. The molecule has 94 valence electrons. The maximum atomic E-state index is 11.8. The van der Waals surface area contributed by atoms with Gasteiger partial charge < -0.3 is 10.1 Å². The molecule has 0 heterocycles. The van der Waals surface area contributed by atoms with Gasteiger partial charge in [-0.1, -0.05) is 24.3 Å². The van der Waals surface area contributed by atoms with Gasteiger partial charge in [0.05, 0.1) is 6.61 Å². The minimum Gasteiger partial charge on any atom is -0.374 e. The number of hydrogen-bond acceptors (Lipinski definition) is 2. The number of rotatable bonds is 6. The van der Waals surface area contributed by atoms with Gasteiger partial charge in [0.2, 0.25) is 0 Å². The summed E-state index contributed by atoms with van der Waals surface area (Å²) >= 11 is 0. The molecule has 1 N–H and O–H groups in total. The Kier molecular flexibility index (Phi) is 4.45. The zero-order valence-electron chi connectivity index (χ0n) is 9.66. The van der Waals surface area contributed by atoms with Gasteiger partial charge in [-0.05, 0) is 24.0 Å². The number of fused-ring (bicyclic) bond motifs is 1. The van der Waals surface area contributed by atoms with E-state index in [1.807, 2.05) is 12.1 Å². The van der Waals surface area contributed by atoms with Crippen LogP contribution in [0.25, 0.3) is 0 Å². The molecule has 0 bridgehead atoms. The first kappa shape index (κ1) is 12.5. The van der Waals surface area contributed by atoms with Gasteiger partial charge in [0.1, 0.15) is 6.61 Å². The maximum absolute atomic E-state index is 11.8. The van der Waals surface area contributed by atoms with Gasteiger partial charge in [-0.15, -0.1) is 0 Å². The summed E-state index contributed by atoms with van der Waals surface area (Å²) in [4.78, 5) is 0. The van der Waals surface area contributed by atoms with Gasteiger partial charge in [-0.25, -0.2) is 8.78 Å². The van der Waals surface area contributed by atoms with Crippen molar-refractivity contribution in [1.82, 2.24) is 5.32 Å². The Balaban J connectivity index is 1.71. The van der Waals surface area contributed by atoms with E-state index in [4.69, 9.17) is 4.74 Å². The van der Waals surface area contributed by atoms with Crippen molar-refractivity contribution in [2.45, 2.75) is 25.3 Å². The minimum atomic E-state index is -2.37. The summed E-state index contributed by atoms with van der Waals surface area (Å²) in [6, 6.07) is 8.70. The van der Waals surface area contributed by atoms with E-state index in [-0.39, 0.29) is 0 Å². The summed E-state index contributed by atoms with van der Waals surface area (Å²) in [7, 11) is 0. The second-order valence-electron chi connectivity index (χ2n) is 4.21. The fourth-order valence-corrected chi connectivity index (χ4v) is 2.25. The highest BCUT2D eigenvalue weighted by Gasteiger charge is 2.20. The molecule has 1 aliphatic carbocycles. The highest BCUT2D eigenvalue weighted by Crippen LogP contribution is 2.30. The maximum Gasteiger partial charge on any atom is 0.261 e. The molecule has 1 unspecified atom stereocenters. The van der Waals surface area contributed by atoms with E-state index in [1.165, 1.54) is 11.1 Å². The van der Waals surface area contributed by atoms with Crippen molar-refractivity contribution in [3.63, 3.8) is 0 Å². The van der Waals surface area contributed by atoms with Crippen LogP contribution in [-0.2, 0) is 11.2 Å². The van der Waals surface area contributed by atoms with E-state index in [2.05, 4.69) is 17.4 Å². The fraction of sp³-hybridized carbons (Fsp3) is 0.538. The summed E-state index contributed by atoms with van der Waals surface area (Å²) in [6.07, 6.45) is -0.206. The van der Waals surface area contributed by atoms with Gasteiger partial charge in [-0.3, -0.25) is 0 Å². The number of aryl methyl sites for hydroxylation is 1. The first-order valence-corrected chi connectivity index (χ1v) is 5.94. The zero-order chi connectivity index (χ0) is 12.1. The van der Waals surface area contributed by atoms with Gasteiger partial charge in [-0.2, -0.15) is 0 Å². The zero-order valence-corrected chi connectivity index (χ0v) is 9.66. The van der Waals surface area contributed by atoms with Crippen molar-refractivity contribution in [1.29, 1.82) is 0 Å². The second-order valence-corrected chi connectivity index (χ2v) is 4.21. The van der Waals surface area contributed by atoms with Crippen LogP contribution < -0.4 is 5.32 Å². The van der Waals surface area contributed by atoms with Crippen molar-refractivity contribution >= 4 is 0 Å². The van der Waals surface area contributed by atoms with Gasteiger partial charge in [0.15, 0.2) is 0 Å². The van der Waals surface area contributed by atoms with Crippen LogP contribution in [0, 0.1) is 0 Å². The molecule has 0 amide bonds. The Bertz CT molecular complexity index is 357. The molecule has 0 spiro atoms. The summed E-state index contributed by atoms with van der Waals surface area (Å²) in [5.74, 6) is 0. The van der Waals surface area contributed by atoms with Crippen LogP contribution in [0.15, 0.2) is 24.3 Å². The largest absolute Gasteiger partial charge is 0.374 e. The molecule has 1 atom stereocenters. The quantitative estimate of drug-likeness (QED) is 0.773. The highest BCUT2D eigenvalue weighted by atomic mass is 19.3. The van der Waals surface area contributed by atoms with E-state index in [1.54, 1.807) is 0 Å². The fourth-order valence-electron chi connectivity index (χ4n) is 2.25. The number of benzene rings is 1. The van der Waals surface area contributed by atoms with E-state index in [0.717, 1.165) is 12.8 Å².